The first-order valence-corrected chi connectivity index (χ1v) is 6.58. The van der Waals surface area contributed by atoms with Crippen molar-refractivity contribution in [2.24, 2.45) is 0 Å². The second kappa shape index (κ2) is 6.38. The molecule has 0 spiro atoms. The smallest absolute Gasteiger partial charge is 0.251 e. The molecule has 19 heavy (non-hydrogen) atoms. The van der Waals surface area contributed by atoms with E-state index in [-0.39, 0.29) is 12.0 Å². The highest BCUT2D eigenvalue weighted by Gasteiger charge is 2.23. The van der Waals surface area contributed by atoms with E-state index in [4.69, 9.17) is 4.74 Å². The highest BCUT2D eigenvalue weighted by molar-refractivity contribution is 5.94. The molecule has 1 amide bonds. The van der Waals surface area contributed by atoms with Crippen LogP contribution in [0, 0.1) is 0 Å². The zero-order valence-electron chi connectivity index (χ0n) is 11.2. The average Bonchev–Trinajstić information content (AvgIpc) is 2.82. The number of anilines is 1. The summed E-state index contributed by atoms with van der Waals surface area (Å²) in [6.07, 6.45) is 2.91. The number of ether oxygens (including phenoxy) is 1. The normalized spacial score (nSPS) is 21.9. The van der Waals surface area contributed by atoms with Gasteiger partial charge in [-0.1, -0.05) is 6.08 Å². The van der Waals surface area contributed by atoms with Gasteiger partial charge in [0.05, 0.1) is 12.1 Å². The predicted octanol–water partition coefficient (Wildman–Crippen LogP) is 2.19. The van der Waals surface area contributed by atoms with Gasteiger partial charge in [0.15, 0.2) is 0 Å². The second-order valence-corrected chi connectivity index (χ2v) is 4.69. The van der Waals surface area contributed by atoms with Crippen LogP contribution in [0.3, 0.4) is 0 Å². The van der Waals surface area contributed by atoms with E-state index in [0.717, 1.165) is 18.7 Å². The van der Waals surface area contributed by atoms with Gasteiger partial charge in [-0.3, -0.25) is 4.79 Å². The van der Waals surface area contributed by atoms with Crippen molar-refractivity contribution in [1.29, 1.82) is 0 Å². The van der Waals surface area contributed by atoms with Crippen LogP contribution in [0.4, 0.5) is 5.69 Å². The maximum atomic E-state index is 11.7. The molecule has 2 rings (SSSR count). The van der Waals surface area contributed by atoms with Crippen molar-refractivity contribution in [2.75, 3.05) is 18.5 Å². The van der Waals surface area contributed by atoms with Crippen LogP contribution in [0.1, 0.15) is 23.7 Å². The molecule has 102 valence electrons. The van der Waals surface area contributed by atoms with Gasteiger partial charge in [-0.05, 0) is 37.6 Å². The molecule has 0 aromatic heterocycles. The molecule has 2 atom stereocenters. The highest BCUT2D eigenvalue weighted by Crippen LogP contribution is 2.19. The van der Waals surface area contributed by atoms with Crippen LogP contribution in [-0.2, 0) is 4.74 Å². The topological polar surface area (TPSA) is 50.4 Å². The Labute approximate surface area is 113 Å². The van der Waals surface area contributed by atoms with E-state index >= 15 is 0 Å². The van der Waals surface area contributed by atoms with E-state index in [1.54, 1.807) is 6.08 Å². The lowest BCUT2D eigenvalue weighted by Gasteiger charge is -2.17. The quantitative estimate of drug-likeness (QED) is 0.798. The van der Waals surface area contributed by atoms with Crippen molar-refractivity contribution in [1.82, 2.24) is 5.32 Å². The fraction of sp³-hybridized carbons (Fsp3) is 0.400. The summed E-state index contributed by atoms with van der Waals surface area (Å²) in [6.45, 7) is 6.93. The molecule has 1 aromatic carbocycles. The van der Waals surface area contributed by atoms with E-state index in [0.29, 0.717) is 18.2 Å². The van der Waals surface area contributed by atoms with Crippen LogP contribution >= 0.6 is 0 Å². The molecule has 2 N–H and O–H groups in total. The first-order valence-electron chi connectivity index (χ1n) is 6.58. The van der Waals surface area contributed by atoms with Gasteiger partial charge in [-0.2, -0.15) is 0 Å². The number of hydrogen-bond donors (Lipinski definition) is 2. The maximum absolute atomic E-state index is 11.7. The number of amides is 1. The Hall–Kier alpha value is -1.81. The molecule has 0 aliphatic carbocycles. The van der Waals surface area contributed by atoms with Crippen LogP contribution in [0.15, 0.2) is 36.9 Å². The summed E-state index contributed by atoms with van der Waals surface area (Å²) >= 11 is 0. The Morgan fingerprint density at radius 2 is 2.21 bits per heavy atom. The number of carbonyl (C=O) groups is 1. The molecule has 1 fully saturated rings. The Bertz CT molecular complexity index is 442. The predicted molar refractivity (Wildman–Crippen MR) is 76.4 cm³/mol. The minimum Gasteiger partial charge on any atom is -0.380 e. The Morgan fingerprint density at radius 1 is 1.47 bits per heavy atom. The average molecular weight is 260 g/mol. The number of nitrogens with one attached hydrogen (secondary N) is 2. The summed E-state index contributed by atoms with van der Waals surface area (Å²) in [5, 5.41) is 6.18. The van der Waals surface area contributed by atoms with Gasteiger partial charge in [-0.15, -0.1) is 6.58 Å². The van der Waals surface area contributed by atoms with Gasteiger partial charge >= 0.3 is 0 Å². The van der Waals surface area contributed by atoms with E-state index in [2.05, 4.69) is 24.1 Å². The van der Waals surface area contributed by atoms with Gasteiger partial charge in [0.1, 0.15) is 0 Å². The van der Waals surface area contributed by atoms with Crippen molar-refractivity contribution in [3.05, 3.63) is 42.5 Å². The molecule has 2 unspecified atom stereocenters. The standard InChI is InChI=1S/C15H20N2O2/c1-3-9-16-15(18)12-4-6-13(7-5-12)17-14-8-10-19-11(14)2/h3-7,11,14,17H,1,8-10H2,2H3,(H,16,18). The third-order valence-corrected chi connectivity index (χ3v) is 3.28. The molecule has 4 heteroatoms. The fourth-order valence-corrected chi connectivity index (χ4v) is 2.12. The van der Waals surface area contributed by atoms with Crippen LogP contribution in [-0.4, -0.2) is 31.2 Å². The highest BCUT2D eigenvalue weighted by atomic mass is 16.5. The Morgan fingerprint density at radius 3 is 2.79 bits per heavy atom. The van der Waals surface area contributed by atoms with Gasteiger partial charge in [0.2, 0.25) is 0 Å². The van der Waals surface area contributed by atoms with Crippen molar-refractivity contribution in [3.63, 3.8) is 0 Å². The molecule has 1 heterocycles. The van der Waals surface area contributed by atoms with E-state index < -0.39 is 0 Å². The van der Waals surface area contributed by atoms with Gasteiger partial charge in [0.25, 0.3) is 5.91 Å². The largest absolute Gasteiger partial charge is 0.380 e. The molecular formula is C15H20N2O2. The van der Waals surface area contributed by atoms with Crippen molar-refractivity contribution < 1.29 is 9.53 Å². The summed E-state index contributed by atoms with van der Waals surface area (Å²) in [4.78, 5) is 11.7. The summed E-state index contributed by atoms with van der Waals surface area (Å²) in [6, 6.07) is 7.84. The van der Waals surface area contributed by atoms with Crippen LogP contribution in [0.25, 0.3) is 0 Å². The zero-order chi connectivity index (χ0) is 13.7. The van der Waals surface area contributed by atoms with Gasteiger partial charge in [-0.25, -0.2) is 0 Å². The SMILES string of the molecule is C=CCNC(=O)c1ccc(NC2CCOC2C)cc1. The molecule has 1 saturated heterocycles. The monoisotopic (exact) mass is 260 g/mol. The van der Waals surface area contributed by atoms with Gasteiger partial charge in [0, 0.05) is 24.4 Å². The zero-order valence-corrected chi connectivity index (χ0v) is 11.2. The third kappa shape index (κ3) is 3.58. The van der Waals surface area contributed by atoms with E-state index in [1.165, 1.54) is 0 Å². The number of hydrogen-bond acceptors (Lipinski definition) is 3. The molecule has 0 bridgehead atoms. The molecule has 1 aliphatic rings. The number of carbonyl (C=O) groups excluding carboxylic acids is 1. The molecule has 1 aliphatic heterocycles. The minimum absolute atomic E-state index is 0.0796. The maximum Gasteiger partial charge on any atom is 0.251 e. The van der Waals surface area contributed by atoms with Crippen molar-refractivity contribution >= 4 is 11.6 Å². The Kier molecular flexibility index (Phi) is 4.58. The molecule has 4 nitrogen and oxygen atoms in total. The lowest BCUT2D eigenvalue weighted by atomic mass is 10.1. The second-order valence-electron chi connectivity index (χ2n) is 4.69. The first-order chi connectivity index (χ1) is 9.20. The minimum atomic E-state index is -0.0796. The lowest BCUT2D eigenvalue weighted by Crippen LogP contribution is -2.26. The third-order valence-electron chi connectivity index (χ3n) is 3.28. The van der Waals surface area contributed by atoms with Crippen molar-refractivity contribution in [3.8, 4) is 0 Å². The van der Waals surface area contributed by atoms with E-state index in [9.17, 15) is 4.79 Å². The summed E-state index contributed by atoms with van der Waals surface area (Å²) in [5.41, 5.74) is 1.67. The summed E-state index contributed by atoms with van der Waals surface area (Å²) in [7, 11) is 0. The van der Waals surface area contributed by atoms with Crippen LogP contribution in [0.5, 0.6) is 0 Å². The van der Waals surface area contributed by atoms with Crippen LogP contribution in [0.2, 0.25) is 0 Å². The molecular weight excluding hydrogens is 240 g/mol. The van der Waals surface area contributed by atoms with Crippen molar-refractivity contribution in [2.45, 2.75) is 25.5 Å². The first kappa shape index (κ1) is 13.6. The lowest BCUT2D eigenvalue weighted by molar-refractivity contribution is 0.0958. The number of benzene rings is 1. The van der Waals surface area contributed by atoms with Crippen LogP contribution < -0.4 is 10.6 Å². The fourth-order valence-electron chi connectivity index (χ4n) is 2.12. The summed E-state index contributed by atoms with van der Waals surface area (Å²) < 4.78 is 5.51. The Balaban J connectivity index is 1.94. The van der Waals surface area contributed by atoms with E-state index in [1.807, 2.05) is 24.3 Å². The van der Waals surface area contributed by atoms with Gasteiger partial charge < -0.3 is 15.4 Å². The molecule has 0 radical (unpaired) electrons. The molecule has 1 aromatic rings. The summed E-state index contributed by atoms with van der Waals surface area (Å²) in [5.74, 6) is -0.0796. The molecule has 0 saturated carbocycles. The number of rotatable bonds is 5.